The SMILES string of the molecule is CCc1nn(C)cc1C1CN=C(N)N1. The van der Waals surface area contributed by atoms with E-state index in [0.717, 1.165) is 12.1 Å². The lowest BCUT2D eigenvalue weighted by atomic mass is 10.1. The first-order valence-corrected chi connectivity index (χ1v) is 4.79. The van der Waals surface area contributed by atoms with Crippen molar-refractivity contribution in [1.82, 2.24) is 15.1 Å². The third-order valence-corrected chi connectivity index (χ3v) is 2.41. The van der Waals surface area contributed by atoms with Crippen molar-refractivity contribution in [1.29, 1.82) is 0 Å². The summed E-state index contributed by atoms with van der Waals surface area (Å²) in [6, 6.07) is 0.207. The highest BCUT2D eigenvalue weighted by Crippen LogP contribution is 2.19. The first kappa shape index (κ1) is 9.05. The molecule has 1 atom stereocenters. The molecular weight excluding hydrogens is 178 g/mol. The van der Waals surface area contributed by atoms with Gasteiger partial charge in [-0.25, -0.2) is 0 Å². The van der Waals surface area contributed by atoms with Gasteiger partial charge in [-0.2, -0.15) is 5.10 Å². The van der Waals surface area contributed by atoms with E-state index in [0.29, 0.717) is 12.5 Å². The van der Waals surface area contributed by atoms with Crippen LogP contribution in [0, 0.1) is 0 Å². The van der Waals surface area contributed by atoms with Crippen LogP contribution in [0.15, 0.2) is 11.2 Å². The monoisotopic (exact) mass is 193 g/mol. The summed E-state index contributed by atoms with van der Waals surface area (Å²) in [7, 11) is 1.93. The lowest BCUT2D eigenvalue weighted by Gasteiger charge is -2.09. The highest BCUT2D eigenvalue weighted by molar-refractivity contribution is 5.80. The second-order valence-corrected chi connectivity index (χ2v) is 3.48. The minimum Gasteiger partial charge on any atom is -0.370 e. The normalized spacial score (nSPS) is 20.7. The Morgan fingerprint density at radius 3 is 3.07 bits per heavy atom. The number of nitrogens with zero attached hydrogens (tertiary/aromatic N) is 3. The van der Waals surface area contributed by atoms with Crippen LogP contribution in [0.25, 0.3) is 0 Å². The Labute approximate surface area is 83.0 Å². The van der Waals surface area contributed by atoms with E-state index in [1.807, 2.05) is 17.9 Å². The maximum atomic E-state index is 5.57. The molecule has 2 heterocycles. The van der Waals surface area contributed by atoms with Gasteiger partial charge in [-0.1, -0.05) is 6.92 Å². The maximum absolute atomic E-state index is 5.57. The quantitative estimate of drug-likeness (QED) is 0.691. The Morgan fingerprint density at radius 2 is 2.50 bits per heavy atom. The van der Waals surface area contributed by atoms with Gasteiger partial charge in [0, 0.05) is 18.8 Å². The fraction of sp³-hybridized carbons (Fsp3) is 0.556. The van der Waals surface area contributed by atoms with Gasteiger partial charge in [0.05, 0.1) is 18.3 Å². The summed E-state index contributed by atoms with van der Waals surface area (Å²) in [5.41, 5.74) is 7.90. The van der Waals surface area contributed by atoms with Crippen LogP contribution in [-0.2, 0) is 13.5 Å². The van der Waals surface area contributed by atoms with Crippen molar-refractivity contribution in [3.05, 3.63) is 17.5 Å². The van der Waals surface area contributed by atoms with Gasteiger partial charge in [0.2, 0.25) is 0 Å². The van der Waals surface area contributed by atoms with Crippen molar-refractivity contribution in [3.63, 3.8) is 0 Å². The molecule has 0 saturated heterocycles. The van der Waals surface area contributed by atoms with Crippen LogP contribution in [0.5, 0.6) is 0 Å². The van der Waals surface area contributed by atoms with Gasteiger partial charge in [0.1, 0.15) is 0 Å². The molecule has 1 aliphatic heterocycles. The smallest absolute Gasteiger partial charge is 0.189 e. The molecule has 1 aliphatic rings. The molecule has 1 aromatic rings. The molecule has 0 aromatic carbocycles. The highest BCUT2D eigenvalue weighted by Gasteiger charge is 2.21. The maximum Gasteiger partial charge on any atom is 0.189 e. The van der Waals surface area contributed by atoms with Gasteiger partial charge in [-0.15, -0.1) is 0 Å². The number of guanidine groups is 1. The van der Waals surface area contributed by atoms with E-state index in [9.17, 15) is 0 Å². The summed E-state index contributed by atoms with van der Waals surface area (Å²) in [5.74, 6) is 0.529. The van der Waals surface area contributed by atoms with E-state index in [-0.39, 0.29) is 6.04 Å². The number of hydrogen-bond donors (Lipinski definition) is 2. The topological polar surface area (TPSA) is 68.2 Å². The summed E-state index contributed by atoms with van der Waals surface area (Å²) in [6.07, 6.45) is 2.97. The Kier molecular flexibility index (Phi) is 2.15. The second-order valence-electron chi connectivity index (χ2n) is 3.48. The summed E-state index contributed by atoms with van der Waals surface area (Å²) in [6.45, 7) is 2.82. The van der Waals surface area contributed by atoms with E-state index in [4.69, 9.17) is 5.73 Å². The average molecular weight is 193 g/mol. The fourth-order valence-electron chi connectivity index (χ4n) is 1.75. The van der Waals surface area contributed by atoms with E-state index in [1.54, 1.807) is 0 Å². The van der Waals surface area contributed by atoms with Gasteiger partial charge in [-0.05, 0) is 6.42 Å². The summed E-state index contributed by atoms with van der Waals surface area (Å²) < 4.78 is 1.84. The van der Waals surface area contributed by atoms with E-state index >= 15 is 0 Å². The third kappa shape index (κ3) is 1.45. The van der Waals surface area contributed by atoms with Crippen LogP contribution < -0.4 is 11.1 Å². The first-order chi connectivity index (χ1) is 6.70. The average Bonchev–Trinajstić information content (AvgIpc) is 2.71. The number of hydrogen-bond acceptors (Lipinski definition) is 4. The number of nitrogens with one attached hydrogen (secondary N) is 1. The molecule has 5 heteroatoms. The van der Waals surface area contributed by atoms with Crippen molar-refractivity contribution < 1.29 is 0 Å². The van der Waals surface area contributed by atoms with Crippen LogP contribution in [0.2, 0.25) is 0 Å². The number of nitrogens with two attached hydrogens (primary N) is 1. The fourth-order valence-corrected chi connectivity index (χ4v) is 1.75. The minimum absolute atomic E-state index is 0.207. The number of aromatic nitrogens is 2. The van der Waals surface area contributed by atoms with Crippen molar-refractivity contribution >= 4 is 5.96 Å². The summed E-state index contributed by atoms with van der Waals surface area (Å²) in [4.78, 5) is 4.12. The summed E-state index contributed by atoms with van der Waals surface area (Å²) in [5, 5.41) is 7.52. The van der Waals surface area contributed by atoms with E-state index in [2.05, 4.69) is 22.3 Å². The standard InChI is InChI=1S/C9H15N5/c1-3-7-6(5-14(2)13-7)8-4-11-9(10)12-8/h5,8H,3-4H2,1-2H3,(H3,10,11,12). The minimum atomic E-state index is 0.207. The third-order valence-electron chi connectivity index (χ3n) is 2.41. The molecule has 0 bridgehead atoms. The van der Waals surface area contributed by atoms with Crippen molar-refractivity contribution in [2.24, 2.45) is 17.8 Å². The Morgan fingerprint density at radius 1 is 1.71 bits per heavy atom. The molecule has 1 aromatic heterocycles. The van der Waals surface area contributed by atoms with Crippen LogP contribution in [0.4, 0.5) is 0 Å². The number of aryl methyl sites for hydroxylation is 2. The van der Waals surface area contributed by atoms with Gasteiger partial charge < -0.3 is 11.1 Å². The molecule has 0 amide bonds. The molecule has 0 aliphatic carbocycles. The highest BCUT2D eigenvalue weighted by atomic mass is 15.3. The Balaban J connectivity index is 2.24. The lowest BCUT2D eigenvalue weighted by molar-refractivity contribution is 0.698. The number of rotatable bonds is 2. The zero-order valence-corrected chi connectivity index (χ0v) is 8.49. The molecule has 14 heavy (non-hydrogen) atoms. The largest absolute Gasteiger partial charge is 0.370 e. The molecule has 76 valence electrons. The molecule has 2 rings (SSSR count). The van der Waals surface area contributed by atoms with Crippen molar-refractivity contribution in [2.45, 2.75) is 19.4 Å². The Bertz CT molecular complexity index is 365. The zero-order valence-electron chi connectivity index (χ0n) is 8.49. The molecule has 0 saturated carbocycles. The van der Waals surface area contributed by atoms with E-state index in [1.165, 1.54) is 5.56 Å². The van der Waals surface area contributed by atoms with Gasteiger partial charge in [-0.3, -0.25) is 9.67 Å². The van der Waals surface area contributed by atoms with Crippen LogP contribution in [0.3, 0.4) is 0 Å². The molecule has 5 nitrogen and oxygen atoms in total. The van der Waals surface area contributed by atoms with Gasteiger partial charge in [0.25, 0.3) is 0 Å². The van der Waals surface area contributed by atoms with E-state index < -0.39 is 0 Å². The summed E-state index contributed by atoms with van der Waals surface area (Å²) >= 11 is 0. The molecule has 0 fully saturated rings. The molecular formula is C9H15N5. The van der Waals surface area contributed by atoms with Gasteiger partial charge >= 0.3 is 0 Å². The zero-order chi connectivity index (χ0) is 10.1. The predicted octanol–water partition coefficient (Wildman–Crippen LogP) is -0.0585. The molecule has 0 radical (unpaired) electrons. The van der Waals surface area contributed by atoms with Crippen LogP contribution in [-0.4, -0.2) is 22.3 Å². The second kappa shape index (κ2) is 3.32. The lowest BCUT2D eigenvalue weighted by Crippen LogP contribution is -2.29. The molecule has 3 N–H and O–H groups in total. The van der Waals surface area contributed by atoms with Crippen molar-refractivity contribution in [2.75, 3.05) is 6.54 Å². The van der Waals surface area contributed by atoms with Gasteiger partial charge in [0.15, 0.2) is 5.96 Å². The number of aliphatic imine (C=N–C) groups is 1. The van der Waals surface area contributed by atoms with Crippen molar-refractivity contribution in [3.8, 4) is 0 Å². The first-order valence-electron chi connectivity index (χ1n) is 4.79. The van der Waals surface area contributed by atoms with Crippen LogP contribution >= 0.6 is 0 Å². The molecule has 0 spiro atoms. The Hall–Kier alpha value is -1.52. The van der Waals surface area contributed by atoms with Crippen LogP contribution in [0.1, 0.15) is 24.2 Å². The molecule has 1 unspecified atom stereocenters. The predicted molar refractivity (Wildman–Crippen MR) is 55.0 cm³/mol.